The lowest BCUT2D eigenvalue weighted by atomic mass is 9.96. The van der Waals surface area contributed by atoms with E-state index in [1.165, 1.54) is 12.8 Å². The number of hydrogen-bond acceptors (Lipinski definition) is 2. The minimum Gasteiger partial charge on any atom is -0.299 e. The van der Waals surface area contributed by atoms with Crippen molar-refractivity contribution in [2.75, 3.05) is 0 Å². The summed E-state index contributed by atoms with van der Waals surface area (Å²) in [7, 11) is 0. The number of benzene rings is 1. The van der Waals surface area contributed by atoms with Crippen LogP contribution >= 0.6 is 0 Å². The number of ketones is 1. The van der Waals surface area contributed by atoms with Crippen molar-refractivity contribution < 1.29 is 4.79 Å². The first-order chi connectivity index (χ1) is 10.2. The summed E-state index contributed by atoms with van der Waals surface area (Å²) in [6.07, 6.45) is 5.08. The summed E-state index contributed by atoms with van der Waals surface area (Å²) in [5.41, 5.74) is 2.10. The third-order valence-electron chi connectivity index (χ3n) is 4.95. The first-order valence-corrected chi connectivity index (χ1v) is 8.20. The van der Waals surface area contributed by atoms with Crippen molar-refractivity contribution in [2.45, 2.75) is 52.5 Å². The minimum atomic E-state index is 0.264. The Kier molecular flexibility index (Phi) is 4.09. The van der Waals surface area contributed by atoms with Crippen molar-refractivity contribution in [3.8, 4) is 0 Å². The maximum Gasteiger partial charge on any atom is 0.142 e. The number of hydrogen-bond donors (Lipinski definition) is 0. The van der Waals surface area contributed by atoms with E-state index in [0.29, 0.717) is 12.2 Å². The molecule has 3 rings (SSSR count). The van der Waals surface area contributed by atoms with Gasteiger partial charge in [-0.15, -0.1) is 0 Å². The molecule has 1 saturated carbocycles. The summed E-state index contributed by atoms with van der Waals surface area (Å²) in [6, 6.07) is 8.23. The van der Waals surface area contributed by atoms with Gasteiger partial charge in [-0.1, -0.05) is 31.5 Å². The van der Waals surface area contributed by atoms with E-state index in [1.807, 2.05) is 16.8 Å². The van der Waals surface area contributed by atoms with Crippen LogP contribution in [-0.2, 0) is 17.8 Å². The van der Waals surface area contributed by atoms with E-state index in [4.69, 9.17) is 0 Å². The number of Topliss-reactive ketones (excluding diaryl/α,β-unsaturated/α-hetero) is 1. The highest BCUT2D eigenvalue weighted by atomic mass is 16.1. The molecule has 2 unspecified atom stereocenters. The molecule has 0 saturated heterocycles. The largest absolute Gasteiger partial charge is 0.299 e. The zero-order chi connectivity index (χ0) is 14.8. The molecule has 1 aromatic carbocycles. The van der Waals surface area contributed by atoms with Gasteiger partial charge in [-0.2, -0.15) is 5.10 Å². The molecular weight excluding hydrogens is 260 g/mol. The SMILES string of the molecule is CCC1CCC(C(=O)Cc2nn(CC)c3ccccc23)C1. The molecule has 2 aromatic rings. The molecule has 3 heteroatoms. The number of rotatable bonds is 5. The molecule has 1 fully saturated rings. The average molecular weight is 284 g/mol. The minimum absolute atomic E-state index is 0.264. The molecule has 0 aliphatic heterocycles. The van der Waals surface area contributed by atoms with Crippen LogP contribution in [0.3, 0.4) is 0 Å². The summed E-state index contributed by atoms with van der Waals surface area (Å²) in [4.78, 5) is 12.6. The standard InChI is InChI=1S/C18H24N2O/c1-3-13-9-10-14(11-13)18(21)12-16-15-7-5-6-8-17(15)20(4-2)19-16/h5-8,13-14H,3-4,9-12H2,1-2H3. The van der Waals surface area contributed by atoms with Crippen LogP contribution in [0.2, 0.25) is 0 Å². The van der Waals surface area contributed by atoms with E-state index >= 15 is 0 Å². The van der Waals surface area contributed by atoms with Gasteiger partial charge in [0.2, 0.25) is 0 Å². The zero-order valence-electron chi connectivity index (χ0n) is 13.0. The summed E-state index contributed by atoms with van der Waals surface area (Å²) in [6.45, 7) is 5.16. The zero-order valence-corrected chi connectivity index (χ0v) is 13.0. The van der Waals surface area contributed by atoms with E-state index in [2.05, 4.69) is 31.1 Å². The lowest BCUT2D eigenvalue weighted by molar-refractivity contribution is -0.122. The molecule has 21 heavy (non-hydrogen) atoms. The summed E-state index contributed by atoms with van der Waals surface area (Å²) in [5, 5.41) is 5.79. The lowest BCUT2D eigenvalue weighted by Crippen LogP contribution is -2.15. The maximum atomic E-state index is 12.6. The van der Waals surface area contributed by atoms with E-state index in [0.717, 1.165) is 41.9 Å². The Morgan fingerprint density at radius 3 is 2.81 bits per heavy atom. The third-order valence-corrected chi connectivity index (χ3v) is 4.95. The lowest BCUT2D eigenvalue weighted by Gasteiger charge is -2.08. The fourth-order valence-electron chi connectivity index (χ4n) is 3.62. The average Bonchev–Trinajstić information content (AvgIpc) is 3.12. The summed E-state index contributed by atoms with van der Waals surface area (Å²) < 4.78 is 2.00. The molecule has 1 aliphatic carbocycles. The predicted molar refractivity (Wildman–Crippen MR) is 85.2 cm³/mol. The quantitative estimate of drug-likeness (QED) is 0.832. The Hall–Kier alpha value is -1.64. The molecule has 0 bridgehead atoms. The first-order valence-electron chi connectivity index (χ1n) is 8.20. The van der Waals surface area contributed by atoms with Gasteiger partial charge in [0, 0.05) is 17.8 Å². The highest BCUT2D eigenvalue weighted by Crippen LogP contribution is 2.34. The molecular formula is C18H24N2O. The van der Waals surface area contributed by atoms with Crippen LogP contribution in [0.25, 0.3) is 10.9 Å². The van der Waals surface area contributed by atoms with Gasteiger partial charge in [0.25, 0.3) is 0 Å². The van der Waals surface area contributed by atoms with Crippen molar-refractivity contribution in [1.29, 1.82) is 0 Å². The van der Waals surface area contributed by atoms with Crippen molar-refractivity contribution >= 4 is 16.7 Å². The molecule has 3 nitrogen and oxygen atoms in total. The Balaban J connectivity index is 1.80. The summed E-state index contributed by atoms with van der Waals surface area (Å²) >= 11 is 0. The summed E-state index contributed by atoms with van der Waals surface area (Å²) in [5.74, 6) is 1.40. The van der Waals surface area contributed by atoms with Crippen LogP contribution in [0.1, 0.15) is 45.2 Å². The second-order valence-electron chi connectivity index (χ2n) is 6.21. The van der Waals surface area contributed by atoms with Crippen molar-refractivity contribution in [2.24, 2.45) is 11.8 Å². The normalized spacial score (nSPS) is 22.0. The van der Waals surface area contributed by atoms with Crippen LogP contribution in [0, 0.1) is 11.8 Å². The number of carbonyl (C=O) groups is 1. The number of aromatic nitrogens is 2. The molecule has 0 amide bonds. The second-order valence-corrected chi connectivity index (χ2v) is 6.21. The molecule has 1 aliphatic rings. The van der Waals surface area contributed by atoms with Gasteiger partial charge in [-0.3, -0.25) is 9.48 Å². The van der Waals surface area contributed by atoms with E-state index in [9.17, 15) is 4.79 Å². The van der Waals surface area contributed by atoms with Crippen LogP contribution in [0.15, 0.2) is 24.3 Å². The van der Waals surface area contributed by atoms with Crippen LogP contribution in [0.5, 0.6) is 0 Å². The number of fused-ring (bicyclic) bond motifs is 1. The van der Waals surface area contributed by atoms with E-state index in [1.54, 1.807) is 0 Å². The van der Waals surface area contributed by atoms with Gasteiger partial charge in [0.05, 0.1) is 17.6 Å². The fraction of sp³-hybridized carbons (Fsp3) is 0.556. The number of nitrogens with zero attached hydrogens (tertiary/aromatic N) is 2. The van der Waals surface area contributed by atoms with Gasteiger partial charge < -0.3 is 0 Å². The number of aryl methyl sites for hydroxylation is 1. The molecule has 0 N–H and O–H groups in total. The smallest absolute Gasteiger partial charge is 0.142 e. The number of para-hydroxylation sites is 1. The third kappa shape index (κ3) is 2.74. The van der Waals surface area contributed by atoms with Crippen molar-refractivity contribution in [3.05, 3.63) is 30.0 Å². The second kappa shape index (κ2) is 6.00. The fourth-order valence-corrected chi connectivity index (χ4v) is 3.62. The molecule has 0 radical (unpaired) electrons. The molecule has 1 heterocycles. The monoisotopic (exact) mass is 284 g/mol. The van der Waals surface area contributed by atoms with Crippen LogP contribution < -0.4 is 0 Å². The van der Waals surface area contributed by atoms with Gasteiger partial charge in [0.1, 0.15) is 5.78 Å². The van der Waals surface area contributed by atoms with Gasteiger partial charge in [0.15, 0.2) is 0 Å². The maximum absolute atomic E-state index is 12.6. The molecule has 0 spiro atoms. The van der Waals surface area contributed by atoms with Crippen LogP contribution in [0.4, 0.5) is 0 Å². The molecule has 112 valence electrons. The molecule has 2 atom stereocenters. The Morgan fingerprint density at radius 1 is 1.29 bits per heavy atom. The predicted octanol–water partition coefficient (Wildman–Crippen LogP) is 3.99. The Bertz CT molecular complexity index is 644. The van der Waals surface area contributed by atoms with Crippen LogP contribution in [-0.4, -0.2) is 15.6 Å². The van der Waals surface area contributed by atoms with Gasteiger partial charge in [-0.05, 0) is 38.2 Å². The Labute approximate surface area is 126 Å². The van der Waals surface area contributed by atoms with Gasteiger partial charge in [-0.25, -0.2) is 0 Å². The first kappa shape index (κ1) is 14.3. The van der Waals surface area contributed by atoms with Crippen molar-refractivity contribution in [1.82, 2.24) is 9.78 Å². The topological polar surface area (TPSA) is 34.9 Å². The highest BCUT2D eigenvalue weighted by molar-refractivity contribution is 5.89. The van der Waals surface area contributed by atoms with E-state index in [-0.39, 0.29) is 5.92 Å². The Morgan fingerprint density at radius 2 is 2.10 bits per heavy atom. The van der Waals surface area contributed by atoms with Crippen molar-refractivity contribution in [3.63, 3.8) is 0 Å². The molecule has 1 aromatic heterocycles. The highest BCUT2D eigenvalue weighted by Gasteiger charge is 2.29. The van der Waals surface area contributed by atoms with Gasteiger partial charge >= 0.3 is 0 Å². The number of carbonyl (C=O) groups excluding carboxylic acids is 1. The van der Waals surface area contributed by atoms with E-state index < -0.39 is 0 Å².